The maximum Gasteiger partial charge on any atom is 0.276 e. The molecular formula is C21H30ClN5O2. The van der Waals surface area contributed by atoms with Crippen molar-refractivity contribution in [1.29, 1.82) is 0 Å². The van der Waals surface area contributed by atoms with Gasteiger partial charge in [-0.3, -0.25) is 4.79 Å². The molecule has 4 rings (SSSR count). The van der Waals surface area contributed by atoms with Gasteiger partial charge in [-0.05, 0) is 50.8 Å². The van der Waals surface area contributed by atoms with Crippen molar-refractivity contribution in [3.8, 4) is 0 Å². The SMILES string of the molecule is Cl.O=C(c1cn(C2CCNCC2)nn1)N1CCC(OCCCc2ccccc2)C1. The van der Waals surface area contributed by atoms with Gasteiger partial charge >= 0.3 is 0 Å². The van der Waals surface area contributed by atoms with Crippen LogP contribution in [0.3, 0.4) is 0 Å². The first kappa shape index (κ1) is 21.7. The Kier molecular flexibility index (Phi) is 8.03. The number of hydrogen-bond donors (Lipinski definition) is 1. The van der Waals surface area contributed by atoms with Gasteiger partial charge in [0.15, 0.2) is 5.69 Å². The van der Waals surface area contributed by atoms with Crippen molar-refractivity contribution in [2.24, 2.45) is 0 Å². The van der Waals surface area contributed by atoms with Crippen LogP contribution in [0.1, 0.15) is 47.8 Å². The van der Waals surface area contributed by atoms with Crippen LogP contribution in [0, 0.1) is 0 Å². The Labute approximate surface area is 178 Å². The van der Waals surface area contributed by atoms with E-state index in [1.807, 2.05) is 21.8 Å². The Morgan fingerprint density at radius 2 is 1.97 bits per heavy atom. The van der Waals surface area contributed by atoms with Crippen LogP contribution in [0.4, 0.5) is 0 Å². The van der Waals surface area contributed by atoms with Crippen LogP contribution in [0.25, 0.3) is 0 Å². The van der Waals surface area contributed by atoms with Crippen LogP contribution in [0.15, 0.2) is 36.5 Å². The summed E-state index contributed by atoms with van der Waals surface area (Å²) in [6, 6.07) is 10.8. The standard InChI is InChI=1S/C21H29N5O2.ClH/c27-21(20-16-26(24-23-20)18-8-11-22-12-9-18)25-13-10-19(15-25)28-14-4-7-17-5-2-1-3-6-17;/h1-3,5-6,16,18-19,22H,4,7-15H2;1H. The highest BCUT2D eigenvalue weighted by molar-refractivity contribution is 5.92. The van der Waals surface area contributed by atoms with Gasteiger partial charge in [-0.25, -0.2) is 4.68 Å². The van der Waals surface area contributed by atoms with E-state index < -0.39 is 0 Å². The molecule has 7 nitrogen and oxygen atoms in total. The van der Waals surface area contributed by atoms with Crippen LogP contribution in [0.5, 0.6) is 0 Å². The van der Waals surface area contributed by atoms with E-state index in [1.54, 1.807) is 0 Å². The van der Waals surface area contributed by atoms with Crippen LogP contribution < -0.4 is 5.32 Å². The maximum absolute atomic E-state index is 12.7. The van der Waals surface area contributed by atoms with Crippen LogP contribution in [0.2, 0.25) is 0 Å². The Morgan fingerprint density at radius 3 is 2.76 bits per heavy atom. The van der Waals surface area contributed by atoms with E-state index in [4.69, 9.17) is 4.74 Å². The van der Waals surface area contributed by atoms with Crippen LogP contribution in [-0.2, 0) is 11.2 Å². The van der Waals surface area contributed by atoms with Crippen LogP contribution >= 0.6 is 12.4 Å². The molecule has 158 valence electrons. The molecule has 0 saturated carbocycles. The number of likely N-dealkylation sites (tertiary alicyclic amines) is 1. The average Bonchev–Trinajstić information content (AvgIpc) is 3.42. The molecule has 1 atom stereocenters. The third-order valence-corrected chi connectivity index (χ3v) is 5.65. The van der Waals surface area contributed by atoms with E-state index in [-0.39, 0.29) is 24.4 Å². The van der Waals surface area contributed by atoms with Crippen molar-refractivity contribution in [3.63, 3.8) is 0 Å². The first-order valence-corrected chi connectivity index (χ1v) is 10.4. The molecule has 0 bridgehead atoms. The highest BCUT2D eigenvalue weighted by Gasteiger charge is 2.29. The van der Waals surface area contributed by atoms with Gasteiger partial charge in [0, 0.05) is 19.7 Å². The molecule has 3 heterocycles. The lowest BCUT2D eigenvalue weighted by Gasteiger charge is -2.22. The average molecular weight is 420 g/mol. The Hall–Kier alpha value is -1.96. The monoisotopic (exact) mass is 419 g/mol. The lowest BCUT2D eigenvalue weighted by atomic mass is 10.1. The Balaban J connectivity index is 0.00000240. The number of amides is 1. The number of nitrogens with zero attached hydrogens (tertiary/aromatic N) is 4. The van der Waals surface area contributed by atoms with E-state index in [0.717, 1.165) is 58.3 Å². The van der Waals surface area contributed by atoms with Gasteiger partial charge in [-0.15, -0.1) is 17.5 Å². The largest absolute Gasteiger partial charge is 0.376 e. The van der Waals surface area contributed by atoms with Gasteiger partial charge in [0.2, 0.25) is 0 Å². The first-order valence-electron chi connectivity index (χ1n) is 10.4. The molecule has 1 unspecified atom stereocenters. The molecule has 1 aromatic heterocycles. The Bertz CT molecular complexity index is 763. The van der Waals surface area contributed by atoms with Gasteiger partial charge < -0.3 is 15.0 Å². The molecule has 2 aliphatic heterocycles. The molecule has 2 aliphatic rings. The third kappa shape index (κ3) is 5.78. The summed E-state index contributed by atoms with van der Waals surface area (Å²) in [5, 5.41) is 11.7. The number of rotatable bonds is 7. The second kappa shape index (κ2) is 10.7. The summed E-state index contributed by atoms with van der Waals surface area (Å²) in [6.07, 6.45) is 6.90. The molecule has 0 aliphatic carbocycles. The normalized spacial score (nSPS) is 19.9. The first-order chi connectivity index (χ1) is 13.8. The zero-order valence-electron chi connectivity index (χ0n) is 16.7. The number of halogens is 1. The summed E-state index contributed by atoms with van der Waals surface area (Å²) in [4.78, 5) is 14.6. The molecule has 2 aromatic rings. The predicted octanol–water partition coefficient (Wildman–Crippen LogP) is 2.49. The lowest BCUT2D eigenvalue weighted by molar-refractivity contribution is 0.0523. The van der Waals surface area contributed by atoms with Gasteiger partial charge in [0.1, 0.15) is 0 Å². The van der Waals surface area contributed by atoms with E-state index in [2.05, 4.69) is 39.9 Å². The molecule has 2 saturated heterocycles. The number of hydrogen-bond acceptors (Lipinski definition) is 5. The number of carbonyl (C=O) groups is 1. The molecule has 1 aromatic carbocycles. The molecule has 1 N–H and O–H groups in total. The molecule has 0 radical (unpaired) electrons. The fourth-order valence-corrected chi connectivity index (χ4v) is 4.01. The number of benzene rings is 1. The quantitative estimate of drug-likeness (QED) is 0.698. The van der Waals surface area contributed by atoms with Gasteiger partial charge in [-0.2, -0.15) is 0 Å². The molecule has 1 amide bonds. The summed E-state index contributed by atoms with van der Waals surface area (Å²) < 4.78 is 7.86. The second-order valence-corrected chi connectivity index (χ2v) is 7.69. The Morgan fingerprint density at radius 1 is 1.17 bits per heavy atom. The molecule has 8 heteroatoms. The van der Waals surface area contributed by atoms with Crippen molar-refractivity contribution in [1.82, 2.24) is 25.2 Å². The summed E-state index contributed by atoms with van der Waals surface area (Å²) in [6.45, 7) is 4.08. The fraction of sp³-hybridized carbons (Fsp3) is 0.571. The summed E-state index contributed by atoms with van der Waals surface area (Å²) in [5.41, 5.74) is 1.79. The van der Waals surface area contributed by atoms with Gasteiger partial charge in [0.05, 0.1) is 18.3 Å². The van der Waals surface area contributed by atoms with Gasteiger partial charge in [-0.1, -0.05) is 35.5 Å². The number of aromatic nitrogens is 3. The molecule has 2 fully saturated rings. The fourth-order valence-electron chi connectivity index (χ4n) is 4.01. The molecule has 0 spiro atoms. The van der Waals surface area contributed by atoms with E-state index in [9.17, 15) is 4.79 Å². The number of carbonyl (C=O) groups excluding carboxylic acids is 1. The maximum atomic E-state index is 12.7. The number of piperidine rings is 1. The smallest absolute Gasteiger partial charge is 0.276 e. The zero-order chi connectivity index (χ0) is 19.2. The number of aryl methyl sites for hydroxylation is 1. The van der Waals surface area contributed by atoms with Crippen LogP contribution in [-0.4, -0.2) is 64.7 Å². The number of nitrogens with one attached hydrogen (secondary N) is 1. The minimum Gasteiger partial charge on any atom is -0.376 e. The highest BCUT2D eigenvalue weighted by atomic mass is 35.5. The van der Waals surface area contributed by atoms with Crippen molar-refractivity contribution in [3.05, 3.63) is 47.8 Å². The topological polar surface area (TPSA) is 72.3 Å². The van der Waals surface area contributed by atoms with E-state index in [0.29, 0.717) is 18.3 Å². The van der Waals surface area contributed by atoms with Gasteiger partial charge in [0.25, 0.3) is 5.91 Å². The van der Waals surface area contributed by atoms with E-state index in [1.165, 1.54) is 5.56 Å². The van der Waals surface area contributed by atoms with Crippen molar-refractivity contribution >= 4 is 18.3 Å². The lowest BCUT2D eigenvalue weighted by Crippen LogP contribution is -2.31. The third-order valence-electron chi connectivity index (χ3n) is 5.65. The minimum absolute atomic E-state index is 0. The van der Waals surface area contributed by atoms with Crippen molar-refractivity contribution < 1.29 is 9.53 Å². The highest BCUT2D eigenvalue weighted by Crippen LogP contribution is 2.19. The summed E-state index contributed by atoms with van der Waals surface area (Å²) in [5.74, 6) is -0.0319. The molecular weight excluding hydrogens is 390 g/mol. The predicted molar refractivity (Wildman–Crippen MR) is 113 cm³/mol. The minimum atomic E-state index is -0.0319. The summed E-state index contributed by atoms with van der Waals surface area (Å²) >= 11 is 0. The number of ether oxygens (including phenoxy) is 1. The zero-order valence-corrected chi connectivity index (χ0v) is 17.5. The molecule has 29 heavy (non-hydrogen) atoms. The van der Waals surface area contributed by atoms with E-state index >= 15 is 0 Å². The second-order valence-electron chi connectivity index (χ2n) is 7.69. The summed E-state index contributed by atoms with van der Waals surface area (Å²) in [7, 11) is 0. The van der Waals surface area contributed by atoms with Crippen molar-refractivity contribution in [2.45, 2.75) is 44.2 Å². The van der Waals surface area contributed by atoms with Crippen molar-refractivity contribution in [2.75, 3.05) is 32.8 Å².